The molecule has 0 saturated heterocycles. The minimum Gasteiger partial charge on any atom is -0.508 e. The van der Waals surface area contributed by atoms with Crippen LogP contribution in [0.25, 0.3) is 0 Å². The lowest BCUT2D eigenvalue weighted by Gasteiger charge is -2.30. The van der Waals surface area contributed by atoms with Crippen LogP contribution in [0.15, 0.2) is 42.5 Å². The van der Waals surface area contributed by atoms with E-state index in [-0.39, 0.29) is 10.8 Å². The van der Waals surface area contributed by atoms with Gasteiger partial charge in [-0.3, -0.25) is 0 Å². The molecule has 0 radical (unpaired) electrons. The minimum atomic E-state index is -1.71. The number of rotatable bonds is 4. The van der Waals surface area contributed by atoms with E-state index in [9.17, 15) is 5.11 Å². The number of hydrogen-bond donors (Lipinski definition) is 2. The Bertz CT molecular complexity index is 757. The van der Waals surface area contributed by atoms with Crippen molar-refractivity contribution in [3.05, 3.63) is 53.6 Å². The van der Waals surface area contributed by atoms with Crippen molar-refractivity contribution in [1.29, 1.82) is 0 Å². The third-order valence-electron chi connectivity index (χ3n) is 4.86. The first-order valence-electron chi connectivity index (χ1n) is 9.96. The van der Waals surface area contributed by atoms with E-state index in [0.29, 0.717) is 12.0 Å². The van der Waals surface area contributed by atoms with E-state index < -0.39 is 8.07 Å². The Morgan fingerprint density at radius 1 is 0.857 bits per heavy atom. The minimum absolute atomic E-state index is 0.0956. The molecule has 3 nitrogen and oxygen atoms in total. The first-order chi connectivity index (χ1) is 12.8. The molecular formula is C24H39NO2Si. The van der Waals surface area contributed by atoms with Crippen molar-refractivity contribution in [1.82, 2.24) is 0 Å². The summed E-state index contributed by atoms with van der Waals surface area (Å²) in [6.07, 6.45) is 0.717. The monoisotopic (exact) mass is 401 g/mol. The predicted molar refractivity (Wildman–Crippen MR) is 125 cm³/mol. The van der Waals surface area contributed by atoms with E-state index in [1.165, 1.54) is 12.2 Å². The summed E-state index contributed by atoms with van der Waals surface area (Å²) in [5, 5.41) is 12.0. The number of nitrogens with two attached hydrogens (primary N) is 1. The van der Waals surface area contributed by atoms with Gasteiger partial charge in [0.2, 0.25) is 0 Å². The molecule has 4 heteroatoms. The Morgan fingerprint density at radius 3 is 1.82 bits per heavy atom. The van der Waals surface area contributed by atoms with E-state index in [1.807, 2.05) is 12.1 Å². The summed E-state index contributed by atoms with van der Waals surface area (Å²) in [6.45, 7) is 17.5. The Balaban J connectivity index is 0.00000190. The van der Waals surface area contributed by atoms with E-state index in [1.54, 1.807) is 0 Å². The zero-order valence-corrected chi connectivity index (χ0v) is 20.2. The zero-order chi connectivity index (χ0) is 21.8. The lowest BCUT2D eigenvalue weighted by atomic mass is 9.81. The smallest absolute Gasteiger partial charge is 0.124 e. The maximum absolute atomic E-state index is 10.6. The number of phenols is 1. The van der Waals surface area contributed by atoms with Gasteiger partial charge in [0.25, 0.3) is 0 Å². The topological polar surface area (TPSA) is 55.5 Å². The van der Waals surface area contributed by atoms with Gasteiger partial charge in [-0.25, -0.2) is 0 Å². The number of phenolic OH excluding ortho intramolecular Hbond substituents is 1. The molecule has 156 valence electrons. The van der Waals surface area contributed by atoms with Crippen LogP contribution in [0.1, 0.15) is 52.7 Å². The van der Waals surface area contributed by atoms with Gasteiger partial charge >= 0.3 is 0 Å². The molecule has 0 heterocycles. The van der Waals surface area contributed by atoms with E-state index in [4.69, 9.17) is 4.74 Å². The number of hydrogen-bond acceptors (Lipinski definition) is 3. The van der Waals surface area contributed by atoms with Crippen molar-refractivity contribution in [2.75, 3.05) is 13.3 Å². The summed E-state index contributed by atoms with van der Waals surface area (Å²) in [7, 11) is -0.206. The van der Waals surface area contributed by atoms with Crippen molar-refractivity contribution in [3.63, 3.8) is 0 Å². The van der Waals surface area contributed by atoms with Crippen LogP contribution in [-0.2, 0) is 10.8 Å². The Morgan fingerprint density at radius 2 is 1.36 bits per heavy atom. The van der Waals surface area contributed by atoms with Crippen molar-refractivity contribution in [3.8, 4) is 11.5 Å². The van der Waals surface area contributed by atoms with Gasteiger partial charge in [0, 0.05) is 11.1 Å². The molecule has 0 aliphatic rings. The average molecular weight is 402 g/mol. The summed E-state index contributed by atoms with van der Waals surface area (Å²) >= 11 is 0. The lowest BCUT2D eigenvalue weighted by Crippen LogP contribution is -2.47. The van der Waals surface area contributed by atoms with Crippen molar-refractivity contribution in [2.24, 2.45) is 5.73 Å². The zero-order valence-electron chi connectivity index (χ0n) is 19.2. The molecule has 0 bridgehead atoms. The highest BCUT2D eigenvalue weighted by atomic mass is 28.3. The molecular weight excluding hydrogens is 362 g/mol. The second-order valence-electron chi connectivity index (χ2n) is 9.90. The van der Waals surface area contributed by atoms with Gasteiger partial charge in [0.1, 0.15) is 19.6 Å². The maximum atomic E-state index is 10.6. The van der Waals surface area contributed by atoms with Crippen LogP contribution in [0.2, 0.25) is 13.1 Å². The number of benzene rings is 2. The predicted octanol–water partition coefficient (Wildman–Crippen LogP) is 5.10. The molecule has 0 fully saturated rings. The average Bonchev–Trinajstić information content (AvgIpc) is 2.61. The second kappa shape index (κ2) is 9.14. The quantitative estimate of drug-likeness (QED) is 0.701. The molecule has 2 aromatic rings. The molecule has 2 aromatic carbocycles. The van der Waals surface area contributed by atoms with Crippen LogP contribution < -0.4 is 15.7 Å². The van der Waals surface area contributed by atoms with Crippen molar-refractivity contribution >= 4 is 13.3 Å². The molecule has 28 heavy (non-hydrogen) atoms. The fourth-order valence-corrected chi connectivity index (χ4v) is 4.88. The van der Waals surface area contributed by atoms with Crippen LogP contribution in [0.4, 0.5) is 0 Å². The molecule has 0 aliphatic carbocycles. The highest BCUT2D eigenvalue weighted by Crippen LogP contribution is 2.40. The Kier molecular flexibility index (Phi) is 7.92. The summed E-state index contributed by atoms with van der Waals surface area (Å²) < 4.78 is 6.42. The summed E-state index contributed by atoms with van der Waals surface area (Å²) in [5.74, 6) is 1.26. The highest BCUT2D eigenvalue weighted by Gasteiger charge is 2.29. The summed E-state index contributed by atoms with van der Waals surface area (Å²) in [4.78, 5) is 0. The van der Waals surface area contributed by atoms with Gasteiger partial charge in [0.05, 0.1) is 6.23 Å². The molecule has 3 N–H and O–H groups in total. The van der Waals surface area contributed by atoms with Crippen LogP contribution >= 0.6 is 0 Å². The standard InChI is InChI=1S/C23H34O2Si.CH5N/c1-22(2,3)18-15-21(19(14-20(18)24)23(4,5)6)25-16-26(7,8)17-12-10-9-11-13-17;1-2/h9-15,24H,16H2,1-8H3;2H2,1H3. The fraction of sp³-hybridized carbons (Fsp3) is 0.500. The third-order valence-corrected chi connectivity index (χ3v) is 7.62. The van der Waals surface area contributed by atoms with Crippen LogP contribution in [0, 0.1) is 0 Å². The van der Waals surface area contributed by atoms with Gasteiger partial charge in [-0.1, -0.05) is 90.2 Å². The third kappa shape index (κ3) is 6.11. The van der Waals surface area contributed by atoms with Crippen LogP contribution in [0.3, 0.4) is 0 Å². The lowest BCUT2D eigenvalue weighted by molar-refractivity contribution is 0.360. The van der Waals surface area contributed by atoms with Gasteiger partial charge in [-0.2, -0.15) is 0 Å². The SMILES string of the molecule is CC(C)(C)c1cc(OC[Si](C)(C)c2ccccc2)c(C(C)(C)C)cc1O.CN. The normalized spacial score (nSPS) is 12.2. The molecule has 0 spiro atoms. The van der Waals surface area contributed by atoms with Gasteiger partial charge < -0.3 is 15.6 Å². The molecule has 0 atom stereocenters. The maximum Gasteiger partial charge on any atom is 0.124 e. The van der Waals surface area contributed by atoms with Gasteiger partial charge in [-0.05, 0) is 30.0 Å². The Labute approximate surface area is 173 Å². The summed E-state index contributed by atoms with van der Waals surface area (Å²) in [6, 6.07) is 14.6. The molecule has 0 amide bonds. The summed E-state index contributed by atoms with van der Waals surface area (Å²) in [5.41, 5.74) is 6.26. The van der Waals surface area contributed by atoms with Crippen molar-refractivity contribution in [2.45, 2.75) is 65.5 Å². The second-order valence-corrected chi connectivity index (χ2v) is 14.5. The first-order valence-corrected chi connectivity index (χ1v) is 13.2. The first kappa shape index (κ1) is 24.3. The van der Waals surface area contributed by atoms with E-state index >= 15 is 0 Å². The number of aromatic hydroxyl groups is 1. The molecule has 0 aromatic heterocycles. The number of ether oxygens (including phenoxy) is 1. The molecule has 2 rings (SSSR count). The molecule has 0 saturated carbocycles. The highest BCUT2D eigenvalue weighted by molar-refractivity contribution is 6.89. The fourth-order valence-electron chi connectivity index (χ4n) is 3.11. The van der Waals surface area contributed by atoms with Crippen LogP contribution in [0.5, 0.6) is 11.5 Å². The van der Waals surface area contributed by atoms with Crippen LogP contribution in [-0.4, -0.2) is 26.5 Å². The Hall–Kier alpha value is -1.78. The largest absolute Gasteiger partial charge is 0.508 e. The molecule has 0 aliphatic heterocycles. The van der Waals surface area contributed by atoms with E-state index in [0.717, 1.165) is 16.9 Å². The van der Waals surface area contributed by atoms with Gasteiger partial charge in [0.15, 0.2) is 0 Å². The van der Waals surface area contributed by atoms with E-state index in [2.05, 4.69) is 90.7 Å². The molecule has 0 unspecified atom stereocenters. The van der Waals surface area contributed by atoms with Gasteiger partial charge in [-0.15, -0.1) is 0 Å². The van der Waals surface area contributed by atoms with Crippen molar-refractivity contribution < 1.29 is 9.84 Å².